The standard InChI is InChI=1S/2C40H84N.H3O4P/c2*1-5-9-13-17-21-25-29-33-37-41(38-34-30-26-22-18-14-10-6-2,39-35-31-27-23-19-15-11-7-3)40-36-32-28-24-20-16-12-8-4;1-5(2,3)4/h2*5-40H2,1-4H3;(H3,1,2,3,4)/q2*+1;/p-2. The smallest absolute Gasteiger partial charge is 0.0786 e. The summed E-state index contributed by atoms with van der Waals surface area (Å²) in [5.41, 5.74) is 0. The van der Waals surface area contributed by atoms with E-state index in [-0.39, 0.29) is 0 Å². The lowest BCUT2D eigenvalue weighted by atomic mass is 10.0. The monoisotopic (exact) mass is 1250 g/mol. The van der Waals surface area contributed by atoms with Crippen LogP contribution in [-0.4, -0.2) is 66.2 Å². The molecule has 0 saturated carbocycles. The molecular formula is C80H169N2O4P. The summed E-state index contributed by atoms with van der Waals surface area (Å²) in [5.74, 6) is 0. The van der Waals surface area contributed by atoms with E-state index in [0.717, 1.165) is 0 Å². The minimum Gasteiger partial charge on any atom is -0.790 e. The first kappa shape index (κ1) is 91.2. The number of quaternary nitrogens is 2. The fourth-order valence-corrected chi connectivity index (χ4v) is 14.0. The molecule has 0 unspecified atom stereocenters. The predicted molar refractivity (Wildman–Crippen MR) is 390 cm³/mol. The molecule has 1 N–H and O–H groups in total. The molecule has 0 amide bonds. The van der Waals surface area contributed by atoms with E-state index in [0.29, 0.717) is 0 Å². The Balaban J connectivity index is -0.00000150. The highest BCUT2D eigenvalue weighted by atomic mass is 31.2. The van der Waals surface area contributed by atoms with Gasteiger partial charge in [-0.25, -0.2) is 0 Å². The van der Waals surface area contributed by atoms with Crippen molar-refractivity contribution in [3.8, 4) is 0 Å². The average Bonchev–Trinajstić information content (AvgIpc) is 3.69. The van der Waals surface area contributed by atoms with Crippen LogP contribution >= 0.6 is 7.82 Å². The van der Waals surface area contributed by atoms with Gasteiger partial charge in [-0.15, -0.1) is 0 Å². The quantitative estimate of drug-likeness (QED) is 0.0374. The van der Waals surface area contributed by atoms with Crippen molar-refractivity contribution in [3.63, 3.8) is 0 Å². The molecule has 6 nitrogen and oxygen atoms in total. The Morgan fingerprint density at radius 1 is 0.184 bits per heavy atom. The number of nitrogens with zero attached hydrogens (tertiary/aromatic N) is 2. The summed E-state index contributed by atoms with van der Waals surface area (Å²) >= 11 is 0. The largest absolute Gasteiger partial charge is 0.790 e. The number of phosphoric acid groups is 1. The van der Waals surface area contributed by atoms with Gasteiger partial charge in [-0.2, -0.15) is 0 Å². The van der Waals surface area contributed by atoms with Gasteiger partial charge in [0.2, 0.25) is 0 Å². The Morgan fingerprint density at radius 3 is 0.333 bits per heavy atom. The lowest BCUT2D eigenvalue weighted by Gasteiger charge is -2.40. The Hall–Kier alpha value is 0.0300. The summed E-state index contributed by atoms with van der Waals surface area (Å²) in [7, 11) is -5.14. The van der Waals surface area contributed by atoms with Crippen LogP contribution in [0, 0.1) is 0 Å². The number of hydrogen-bond donors (Lipinski definition) is 1. The third-order valence-corrected chi connectivity index (χ3v) is 19.9. The van der Waals surface area contributed by atoms with Crippen LogP contribution in [0.2, 0.25) is 0 Å². The molecule has 0 saturated heterocycles. The second-order valence-corrected chi connectivity index (χ2v) is 29.7. The third-order valence-electron chi connectivity index (χ3n) is 19.9. The summed E-state index contributed by atoms with van der Waals surface area (Å²) in [6.45, 7) is 30.6. The lowest BCUT2D eigenvalue weighted by molar-refractivity contribution is -0.929. The van der Waals surface area contributed by atoms with E-state index >= 15 is 0 Å². The van der Waals surface area contributed by atoms with Crippen molar-refractivity contribution in [3.05, 3.63) is 0 Å². The molecule has 0 aromatic carbocycles. The average molecular weight is 1250 g/mol. The Morgan fingerprint density at radius 2 is 0.253 bits per heavy atom. The van der Waals surface area contributed by atoms with Crippen LogP contribution in [0.1, 0.15) is 466 Å². The highest BCUT2D eigenvalue weighted by Gasteiger charge is 2.27. The second kappa shape index (κ2) is 76.7. The molecule has 0 rings (SSSR count). The fourth-order valence-electron chi connectivity index (χ4n) is 14.0. The molecule has 0 aromatic heterocycles. The molecule has 528 valence electrons. The Labute approximate surface area is 551 Å². The molecule has 0 aliphatic carbocycles. The van der Waals surface area contributed by atoms with Crippen LogP contribution in [0.4, 0.5) is 0 Å². The Kier molecular flexibility index (Phi) is 80.5. The minimum atomic E-state index is -5.14. The summed E-state index contributed by atoms with van der Waals surface area (Å²) in [4.78, 5) is 24.3. The van der Waals surface area contributed by atoms with Gasteiger partial charge in [0.25, 0.3) is 0 Å². The molecular weight excluding hydrogens is 1080 g/mol. The van der Waals surface area contributed by atoms with E-state index in [1.54, 1.807) is 0 Å². The number of hydrogen-bond acceptors (Lipinski definition) is 3. The number of rotatable bonds is 72. The van der Waals surface area contributed by atoms with Crippen molar-refractivity contribution in [1.29, 1.82) is 0 Å². The van der Waals surface area contributed by atoms with Gasteiger partial charge in [0.1, 0.15) is 0 Å². The molecule has 0 spiro atoms. The zero-order valence-corrected chi connectivity index (χ0v) is 62.8. The first-order chi connectivity index (χ1) is 42.5. The summed E-state index contributed by atoms with van der Waals surface area (Å²) in [6.07, 6.45) is 93.5. The summed E-state index contributed by atoms with van der Waals surface area (Å²) in [5, 5.41) is 0. The van der Waals surface area contributed by atoms with Crippen molar-refractivity contribution in [2.45, 2.75) is 466 Å². The van der Waals surface area contributed by atoms with Crippen molar-refractivity contribution >= 4 is 7.82 Å². The Bertz CT molecular complexity index is 998. The summed E-state index contributed by atoms with van der Waals surface area (Å²) < 4.78 is 11.6. The molecule has 0 fully saturated rings. The third kappa shape index (κ3) is 78.4. The molecule has 0 atom stereocenters. The highest BCUT2D eigenvalue weighted by molar-refractivity contribution is 7.42. The van der Waals surface area contributed by atoms with Crippen molar-refractivity contribution < 1.29 is 28.2 Å². The first-order valence-electron chi connectivity index (χ1n) is 40.9. The van der Waals surface area contributed by atoms with E-state index in [4.69, 9.17) is 19.2 Å². The molecule has 0 aromatic rings. The maximum Gasteiger partial charge on any atom is 0.0786 e. The summed E-state index contributed by atoms with van der Waals surface area (Å²) in [6, 6.07) is 0. The van der Waals surface area contributed by atoms with Crippen LogP contribution in [0.5, 0.6) is 0 Å². The number of unbranched alkanes of at least 4 members (excludes halogenated alkanes) is 56. The van der Waals surface area contributed by atoms with Crippen LogP contribution in [0.25, 0.3) is 0 Å². The fraction of sp³-hybridized carbons (Fsp3) is 1.00. The van der Waals surface area contributed by atoms with Gasteiger partial charge in [-0.1, -0.05) is 364 Å². The van der Waals surface area contributed by atoms with Gasteiger partial charge in [-0.3, -0.25) is 0 Å². The molecule has 0 heterocycles. The topological polar surface area (TPSA) is 83.4 Å². The van der Waals surface area contributed by atoms with E-state index in [1.807, 2.05) is 0 Å². The SMILES string of the molecule is CCCCCCCCCC[N+](CCCCCCCCCC)(CCCCCCCCCC)CCCCCCCCCC.CCCCCCCCCC[N+](CCCCCCCCCC)(CCCCCCCCCC)CCCCCCCCCC.O=P([O-])([O-])O. The van der Waals surface area contributed by atoms with Crippen LogP contribution in [-0.2, 0) is 4.57 Å². The van der Waals surface area contributed by atoms with Crippen LogP contribution < -0.4 is 9.79 Å². The maximum absolute atomic E-state index is 8.66. The van der Waals surface area contributed by atoms with E-state index in [1.165, 1.54) is 472 Å². The van der Waals surface area contributed by atoms with Gasteiger partial charge in [0, 0.05) is 0 Å². The van der Waals surface area contributed by atoms with Crippen molar-refractivity contribution in [2.75, 3.05) is 52.4 Å². The predicted octanol–water partition coefficient (Wildman–Crippen LogP) is 26.5. The van der Waals surface area contributed by atoms with Crippen molar-refractivity contribution in [1.82, 2.24) is 0 Å². The molecule has 0 bridgehead atoms. The van der Waals surface area contributed by atoms with Gasteiger partial charge in [-0.05, 0) is 103 Å². The molecule has 0 aliphatic rings. The molecule has 0 aliphatic heterocycles. The second-order valence-electron chi connectivity index (χ2n) is 28.7. The van der Waals surface area contributed by atoms with E-state index in [9.17, 15) is 0 Å². The first-order valence-corrected chi connectivity index (χ1v) is 42.4. The maximum atomic E-state index is 8.66. The molecule has 7 heteroatoms. The van der Waals surface area contributed by atoms with Crippen molar-refractivity contribution in [2.24, 2.45) is 0 Å². The molecule has 0 radical (unpaired) electrons. The van der Waals surface area contributed by atoms with Gasteiger partial charge in [0.15, 0.2) is 0 Å². The zero-order chi connectivity index (χ0) is 64.4. The molecule has 87 heavy (non-hydrogen) atoms. The normalized spacial score (nSPS) is 12.0. The van der Waals surface area contributed by atoms with E-state index < -0.39 is 7.82 Å². The van der Waals surface area contributed by atoms with Gasteiger partial charge >= 0.3 is 0 Å². The lowest BCUT2D eigenvalue weighted by Crippen LogP contribution is -2.50. The highest BCUT2D eigenvalue weighted by Crippen LogP contribution is 2.24. The minimum absolute atomic E-state index is 1.37. The zero-order valence-electron chi connectivity index (χ0n) is 61.9. The van der Waals surface area contributed by atoms with Crippen LogP contribution in [0.15, 0.2) is 0 Å². The van der Waals surface area contributed by atoms with Gasteiger partial charge < -0.3 is 28.2 Å². The van der Waals surface area contributed by atoms with E-state index in [2.05, 4.69) is 55.4 Å². The van der Waals surface area contributed by atoms with Crippen LogP contribution in [0.3, 0.4) is 0 Å². The van der Waals surface area contributed by atoms with Gasteiger partial charge in [0.05, 0.1) is 60.2 Å².